The van der Waals surface area contributed by atoms with Crippen LogP contribution in [-0.2, 0) is 67.0 Å². The number of nitrogens with one attached hydrogen (secondary N) is 3. The summed E-state index contributed by atoms with van der Waals surface area (Å²) in [6, 6.07) is -12.4. The number of likely N-dealkylation sites (N-methyl/N-ethyl adjacent to an activating group) is 7. The maximum atomic E-state index is 15.9. The summed E-state index contributed by atoms with van der Waals surface area (Å²) in [7, 11) is 10.2. The molecule has 112 heavy (non-hydrogen) atoms. The van der Waals surface area contributed by atoms with Gasteiger partial charge in [-0.1, -0.05) is 66.0 Å². The van der Waals surface area contributed by atoms with Gasteiger partial charge in [0.05, 0.1) is 43.6 Å². The Morgan fingerprint density at radius 1 is 0.670 bits per heavy atom. The minimum absolute atomic E-state index is 0.000330. The Balaban J connectivity index is 1.35. The zero-order valence-electron chi connectivity index (χ0n) is 67.7. The number of amides is 12. The highest BCUT2D eigenvalue weighted by Gasteiger charge is 2.60. The van der Waals surface area contributed by atoms with Crippen LogP contribution in [0, 0.1) is 40.9 Å². The molecule has 7 aliphatic rings. The number of ether oxygens (including phenoxy) is 2. The van der Waals surface area contributed by atoms with E-state index in [1.807, 2.05) is 13.8 Å². The Bertz CT molecular complexity index is 3350. The van der Waals surface area contributed by atoms with Crippen molar-refractivity contribution in [3.05, 3.63) is 12.2 Å². The molecule has 0 aromatic rings. The van der Waals surface area contributed by atoms with Crippen LogP contribution in [0.4, 0.5) is 35.1 Å². The van der Waals surface area contributed by atoms with E-state index in [-0.39, 0.29) is 129 Å². The van der Waals surface area contributed by atoms with Gasteiger partial charge in [0.1, 0.15) is 53.9 Å². The van der Waals surface area contributed by atoms with Crippen molar-refractivity contribution in [2.24, 2.45) is 40.9 Å². The van der Waals surface area contributed by atoms with Gasteiger partial charge in [0.15, 0.2) is 0 Å². The predicted molar refractivity (Wildman–Crippen MR) is 396 cm³/mol. The average molecular weight is 1600 g/mol. The van der Waals surface area contributed by atoms with Crippen molar-refractivity contribution in [3.63, 3.8) is 0 Å². The van der Waals surface area contributed by atoms with Gasteiger partial charge >= 0.3 is 12.4 Å². The Morgan fingerprint density at radius 2 is 1.30 bits per heavy atom. The highest BCUT2D eigenvalue weighted by Crippen LogP contribution is 2.50. The van der Waals surface area contributed by atoms with Crippen molar-refractivity contribution < 1.29 is 102 Å². The number of rotatable bonds is 16. The van der Waals surface area contributed by atoms with Crippen molar-refractivity contribution in [2.45, 2.75) is 274 Å². The molecule has 13 atom stereocenters. The molecule has 3 unspecified atom stereocenters. The first kappa shape index (κ1) is 91.9. The molecule has 26 nitrogen and oxygen atoms in total. The maximum absolute atomic E-state index is 15.9. The lowest BCUT2D eigenvalue weighted by Gasteiger charge is -2.54. The Kier molecular flexibility index (Phi) is 32.3. The molecular formula is C78H122F8N12O14. The van der Waals surface area contributed by atoms with E-state index in [0.29, 0.717) is 32.1 Å². The van der Waals surface area contributed by atoms with Gasteiger partial charge < -0.3 is 69.5 Å². The van der Waals surface area contributed by atoms with Crippen LogP contribution in [0.15, 0.2) is 12.2 Å². The smallest absolute Gasteiger partial charge is 0.381 e. The van der Waals surface area contributed by atoms with Crippen LogP contribution in [0.2, 0.25) is 0 Å². The van der Waals surface area contributed by atoms with Crippen molar-refractivity contribution >= 4 is 70.9 Å². The predicted octanol–water partition coefficient (Wildman–Crippen LogP) is 7.11. The zero-order valence-corrected chi connectivity index (χ0v) is 67.7. The van der Waals surface area contributed by atoms with Crippen molar-refractivity contribution in [3.8, 4) is 0 Å². The second kappa shape index (κ2) is 39.4. The molecule has 6 fully saturated rings. The van der Waals surface area contributed by atoms with Gasteiger partial charge in [-0.15, -0.1) is 0 Å². The number of alkyl halides is 8. The summed E-state index contributed by atoms with van der Waals surface area (Å²) in [5.41, 5.74) is -2.38. The molecule has 34 heteroatoms. The van der Waals surface area contributed by atoms with Crippen LogP contribution in [0.1, 0.15) is 189 Å². The first-order chi connectivity index (χ1) is 52.4. The van der Waals surface area contributed by atoms with E-state index in [4.69, 9.17) is 9.47 Å². The largest absolute Gasteiger partial charge is 0.394 e. The second-order valence-electron chi connectivity index (χ2n) is 33.5. The molecule has 0 radical (unpaired) electrons. The SMILES string of the molecule is CCCN(C)C(=O)[C@@H]1CC(=O)N(C)[C@@H](CC(F)F)C(=O)N[C@@H]([C@@H](C)CC)C(=O)N(C)CC(=O)N(C)[C@H]2C/C=C\CCN(C2=O)[C@@H](CC2CCC(C(F)(F)F)CC2)C(=O)N(C)CC(=O)N[C@@H](CCC2CCC(C(F)(F)F)C(OC)C2)C(=O)N2C[C@H](OCC)C[C@H]2C(=O)NC2(CC(C)(C)C2)C(=O)N(C)[C@@H](C2CCCC2)C(=O)N1C. The number of carbonyl (C=O) groups excluding carboxylic acids is 12. The van der Waals surface area contributed by atoms with Crippen LogP contribution in [0.3, 0.4) is 0 Å². The summed E-state index contributed by atoms with van der Waals surface area (Å²) < 4.78 is 127. The maximum Gasteiger partial charge on any atom is 0.394 e. The van der Waals surface area contributed by atoms with Gasteiger partial charge in [0.2, 0.25) is 77.3 Å². The van der Waals surface area contributed by atoms with Crippen LogP contribution in [0.5, 0.6) is 0 Å². The van der Waals surface area contributed by atoms with Crippen LogP contribution < -0.4 is 16.0 Å². The van der Waals surface area contributed by atoms with E-state index >= 15 is 28.8 Å². The van der Waals surface area contributed by atoms with Crippen LogP contribution in [-0.4, -0.2) is 296 Å². The normalized spacial score (nSPS) is 31.1. The number of nitrogens with zero attached hydrogens (tertiary/aromatic N) is 9. The quantitative estimate of drug-likeness (QED) is 0.103. The van der Waals surface area contributed by atoms with E-state index in [0.717, 1.165) is 31.5 Å². The number of hydrogen-bond donors (Lipinski definition) is 3. The lowest BCUT2D eigenvalue weighted by atomic mass is 9.58. The van der Waals surface area contributed by atoms with Crippen LogP contribution >= 0.6 is 0 Å². The monoisotopic (exact) mass is 1600 g/mol. The molecule has 634 valence electrons. The number of carbonyl (C=O) groups is 12. The van der Waals surface area contributed by atoms with E-state index in [1.165, 1.54) is 69.0 Å². The van der Waals surface area contributed by atoms with E-state index in [9.17, 15) is 63.9 Å². The Hall–Kier alpha value is -7.26. The van der Waals surface area contributed by atoms with Gasteiger partial charge in [-0.3, -0.25) is 57.5 Å². The Labute approximate surface area is 653 Å². The second-order valence-corrected chi connectivity index (χ2v) is 33.5. The summed E-state index contributed by atoms with van der Waals surface area (Å²) in [5.74, 6) is -16.2. The molecule has 3 heterocycles. The lowest BCUT2D eigenvalue weighted by molar-refractivity contribution is -0.215. The van der Waals surface area contributed by atoms with E-state index in [2.05, 4.69) is 16.0 Å². The fourth-order valence-corrected chi connectivity index (χ4v) is 18.3. The zero-order chi connectivity index (χ0) is 83.4. The number of halogens is 8. The molecule has 7 rings (SSSR count). The van der Waals surface area contributed by atoms with Crippen molar-refractivity contribution in [1.29, 1.82) is 0 Å². The molecule has 4 saturated carbocycles. The first-order valence-corrected chi connectivity index (χ1v) is 40.0. The van der Waals surface area contributed by atoms with Crippen LogP contribution in [0.25, 0.3) is 0 Å². The standard InChI is InChI=1S/C78H122F8N12O14/c1-15-34-90(7)69(105)57-40-62(100)94(11)55(39-60(79)80)66(102)88-64(46(4)16-2)72(108)92(9)43-63(101)93(10)54-25-19-18-22-35-97(71(54)107)58(36-47-26-30-50(31-27-47)77(81,82)83)70(106)91(8)42-61(99)87-53(33-29-48-28-32-52(78(84,85)86)59(37-48)111-14)68(104)98-41-51(112-17-3)38-56(98)67(103)89-76(44-75(5,6)45-76)74(110)96(13)65(73(109)95(57)12)49-23-20-21-24-49/h18-19,46-60,64-65H,15-17,20-45H2,1-14H3,(H,87,99)(H,88,102)(H,89,103)/b19-18-/t46-,47?,48?,50?,51+,52?,53-,54-,55-,56-,57-,58-,59?,64-,65-/m0/s1. The van der Waals surface area contributed by atoms with Gasteiger partial charge in [-0.25, -0.2) is 8.78 Å². The minimum atomic E-state index is -4.58. The summed E-state index contributed by atoms with van der Waals surface area (Å²) >= 11 is 0. The first-order valence-electron chi connectivity index (χ1n) is 40.0. The molecule has 1 spiro atoms. The van der Waals surface area contributed by atoms with E-state index in [1.54, 1.807) is 39.8 Å². The third kappa shape index (κ3) is 22.6. The minimum Gasteiger partial charge on any atom is -0.381 e. The Morgan fingerprint density at radius 3 is 1.88 bits per heavy atom. The highest BCUT2D eigenvalue weighted by molar-refractivity contribution is 6.01. The van der Waals surface area contributed by atoms with Gasteiger partial charge in [0.25, 0.3) is 0 Å². The molecule has 0 aromatic heterocycles. The van der Waals surface area contributed by atoms with Crippen molar-refractivity contribution in [1.82, 2.24) is 60.0 Å². The molecular weight excluding hydrogens is 1480 g/mol. The number of fused-ring (bicyclic) bond motifs is 3. The van der Waals surface area contributed by atoms with Crippen molar-refractivity contribution in [2.75, 3.05) is 95.8 Å². The third-order valence-corrected chi connectivity index (χ3v) is 24.8. The molecule has 12 amide bonds. The van der Waals surface area contributed by atoms with Gasteiger partial charge in [0, 0.05) is 95.5 Å². The number of hydrogen-bond acceptors (Lipinski definition) is 14. The average Bonchev–Trinajstić information content (AvgIpc) is 0.895. The molecule has 0 aromatic carbocycles. The molecule has 4 aliphatic carbocycles. The lowest BCUT2D eigenvalue weighted by Crippen LogP contribution is -2.71. The van der Waals surface area contributed by atoms with Gasteiger partial charge in [-0.2, -0.15) is 26.3 Å². The summed E-state index contributed by atoms with van der Waals surface area (Å²) in [5, 5.41) is 8.35. The van der Waals surface area contributed by atoms with Gasteiger partial charge in [-0.05, 0) is 145 Å². The fraction of sp³-hybridized carbons (Fsp3) is 0.821. The highest BCUT2D eigenvalue weighted by atomic mass is 19.4. The molecule has 3 aliphatic heterocycles. The number of methoxy groups -OCH3 is 1. The molecule has 3 N–H and O–H groups in total. The van der Waals surface area contributed by atoms with E-state index < -0.39 is 223 Å². The fourth-order valence-electron chi connectivity index (χ4n) is 18.3. The third-order valence-electron chi connectivity index (χ3n) is 24.8. The summed E-state index contributed by atoms with van der Waals surface area (Å²) in [6.45, 7) is 8.76. The molecule has 2 saturated heterocycles. The topological polar surface area (TPSA) is 289 Å². The summed E-state index contributed by atoms with van der Waals surface area (Å²) in [6.07, 6.45) is -11.7. The molecule has 2 bridgehead atoms. The summed E-state index contributed by atoms with van der Waals surface area (Å²) in [4.78, 5) is 192.